The quantitative estimate of drug-likeness (QED) is 0.127. The van der Waals surface area contributed by atoms with Crippen LogP contribution >= 0.6 is 0 Å². The van der Waals surface area contributed by atoms with Gasteiger partial charge in [-0.15, -0.1) is 0 Å². The van der Waals surface area contributed by atoms with Crippen LogP contribution in [-0.4, -0.2) is 128 Å². The fourth-order valence-electron chi connectivity index (χ4n) is 9.12. The van der Waals surface area contributed by atoms with Crippen molar-refractivity contribution < 1.29 is 59.7 Å². The Balaban J connectivity index is 1.18. The van der Waals surface area contributed by atoms with Crippen molar-refractivity contribution in [1.82, 2.24) is 30.1 Å². The van der Waals surface area contributed by atoms with Crippen molar-refractivity contribution in [3.05, 3.63) is 41.6 Å². The van der Waals surface area contributed by atoms with Crippen LogP contribution in [0, 0.1) is 11.8 Å². The van der Waals surface area contributed by atoms with Gasteiger partial charge in [0.25, 0.3) is 5.91 Å². The number of halogens is 3. The summed E-state index contributed by atoms with van der Waals surface area (Å²) in [4.78, 5) is 63.0. The van der Waals surface area contributed by atoms with Crippen molar-refractivity contribution in [1.29, 1.82) is 0 Å². The van der Waals surface area contributed by atoms with E-state index in [-0.39, 0.29) is 55.8 Å². The van der Waals surface area contributed by atoms with Crippen molar-refractivity contribution in [3.8, 4) is 11.5 Å². The number of nitrogens with zero attached hydrogens (tertiary/aromatic N) is 3. The average Bonchev–Trinajstić information content (AvgIpc) is 3.94. The third kappa shape index (κ3) is 10.9. The van der Waals surface area contributed by atoms with E-state index in [0.29, 0.717) is 63.2 Å². The molecule has 7 rings (SSSR count). The van der Waals surface area contributed by atoms with Crippen molar-refractivity contribution in [2.75, 3.05) is 59.2 Å². The van der Waals surface area contributed by atoms with Crippen molar-refractivity contribution in [3.63, 3.8) is 0 Å². The van der Waals surface area contributed by atoms with Gasteiger partial charge in [-0.3, -0.25) is 24.0 Å². The highest BCUT2D eigenvalue weighted by atomic mass is 32.2. The summed E-state index contributed by atoms with van der Waals surface area (Å²) in [7, 11) is -4.12. The lowest BCUT2D eigenvalue weighted by Crippen LogP contribution is -2.70. The number of aromatic nitrogens is 1. The molecule has 16 nitrogen and oxygen atoms in total. The van der Waals surface area contributed by atoms with E-state index in [4.69, 9.17) is 18.9 Å². The first-order valence-electron chi connectivity index (χ1n) is 23.2. The Morgan fingerprint density at radius 2 is 1.83 bits per heavy atom. The van der Waals surface area contributed by atoms with Gasteiger partial charge in [0.15, 0.2) is 11.4 Å². The number of nitrogens with one attached hydrogen (secondary N) is 3. The number of pyridine rings is 1. The Morgan fingerprint density at radius 3 is 2.50 bits per heavy atom. The molecule has 4 heterocycles. The van der Waals surface area contributed by atoms with E-state index in [1.165, 1.54) is 6.07 Å². The van der Waals surface area contributed by atoms with Crippen LogP contribution in [0.1, 0.15) is 103 Å². The Bertz CT molecular complexity index is 2290. The number of hydrogen-bond acceptors (Lipinski definition) is 12. The van der Waals surface area contributed by atoms with Crippen molar-refractivity contribution in [2.24, 2.45) is 11.8 Å². The van der Waals surface area contributed by atoms with E-state index >= 15 is 0 Å². The number of morpholine rings is 1. The summed E-state index contributed by atoms with van der Waals surface area (Å²) in [5.74, 6) is -3.14. The van der Waals surface area contributed by atoms with Crippen LogP contribution in [0.4, 0.5) is 18.0 Å². The fourth-order valence-corrected chi connectivity index (χ4v) is 10.4. The molecule has 1 spiro atoms. The van der Waals surface area contributed by atoms with Gasteiger partial charge in [-0.2, -0.15) is 13.2 Å². The predicted octanol–water partition coefficient (Wildman–Crippen LogP) is 5.41. The van der Waals surface area contributed by atoms with Crippen LogP contribution in [0.25, 0.3) is 10.9 Å². The molecule has 4 fully saturated rings. The zero-order chi connectivity index (χ0) is 47.5. The minimum Gasteiger partial charge on any atom is -0.492 e. The number of allylic oxidation sites excluding steroid dienone is 1. The first-order valence-corrected chi connectivity index (χ1v) is 24.7. The molecule has 5 aliphatic rings. The van der Waals surface area contributed by atoms with Gasteiger partial charge in [-0.25, -0.2) is 18.2 Å². The first-order chi connectivity index (χ1) is 31.3. The number of aryl methyl sites for hydroxylation is 1. The highest BCUT2D eigenvalue weighted by molar-refractivity contribution is 7.91. The number of amides is 4. The van der Waals surface area contributed by atoms with Gasteiger partial charge in [0, 0.05) is 42.9 Å². The number of ether oxygens (including phenoxy) is 4. The van der Waals surface area contributed by atoms with Crippen LogP contribution in [-0.2, 0) is 46.5 Å². The van der Waals surface area contributed by atoms with E-state index in [9.17, 15) is 40.8 Å². The number of rotatable bonds is 18. The zero-order valence-corrected chi connectivity index (χ0v) is 39.0. The van der Waals surface area contributed by atoms with E-state index in [1.807, 2.05) is 26.0 Å². The molecular formula is C46H63F3N6O10S. The number of alkyl halides is 3. The summed E-state index contributed by atoms with van der Waals surface area (Å²) in [5.41, 5.74) is -4.17. The number of alkyl carbamates (subject to hydrolysis) is 1. The predicted molar refractivity (Wildman–Crippen MR) is 237 cm³/mol. The molecule has 1 aromatic heterocycles. The van der Waals surface area contributed by atoms with Gasteiger partial charge in [-0.05, 0) is 82.4 Å². The van der Waals surface area contributed by atoms with Crippen molar-refractivity contribution in [2.45, 2.75) is 126 Å². The smallest absolute Gasteiger partial charge is 0.437 e. The lowest BCUT2D eigenvalue weighted by molar-refractivity contribution is -0.144. The SMILES string of the molecule is CCCCC/C=C\[C@@H]1CC[C@]1(NC(=O)[C@@H]1C[C@]2(CCc3c(c(C(F)(F)F)nc4ccc(OCCN5CCOCC5)cc34)O2)CN1C(=O)CNC(=O)OCC(C)C)C(=O)NS(=O)(=O)C1(C)CC1. The molecule has 2 saturated carbocycles. The summed E-state index contributed by atoms with van der Waals surface area (Å²) in [6.07, 6.45) is 2.62. The fraction of sp³-hybridized carbons (Fsp3) is 0.674. The molecule has 364 valence electrons. The lowest BCUT2D eigenvalue weighted by atomic mass is 9.65. The number of benzene rings is 1. The van der Waals surface area contributed by atoms with Crippen LogP contribution in [0.3, 0.4) is 0 Å². The van der Waals surface area contributed by atoms with Crippen LogP contribution in [0.5, 0.6) is 11.5 Å². The van der Waals surface area contributed by atoms with Crippen LogP contribution < -0.4 is 24.8 Å². The van der Waals surface area contributed by atoms with Gasteiger partial charge in [0.2, 0.25) is 21.8 Å². The molecule has 0 radical (unpaired) electrons. The molecule has 20 heteroatoms. The summed E-state index contributed by atoms with van der Waals surface area (Å²) in [6, 6.07) is 3.30. The molecule has 3 N–H and O–H groups in total. The number of likely N-dealkylation sites (tertiary alicyclic amines) is 1. The van der Waals surface area contributed by atoms with E-state index in [2.05, 4.69) is 32.2 Å². The molecule has 4 atom stereocenters. The average molecular weight is 949 g/mol. The van der Waals surface area contributed by atoms with Gasteiger partial charge in [0.05, 0.1) is 36.6 Å². The maximum absolute atomic E-state index is 14.9. The van der Waals surface area contributed by atoms with Crippen LogP contribution in [0.15, 0.2) is 30.4 Å². The highest BCUT2D eigenvalue weighted by Gasteiger charge is 2.59. The summed E-state index contributed by atoms with van der Waals surface area (Å²) < 4.78 is 95.8. The molecule has 2 aliphatic carbocycles. The molecule has 1 aromatic carbocycles. The maximum atomic E-state index is 14.9. The normalized spacial score (nSPS) is 25.0. The number of hydrogen-bond donors (Lipinski definition) is 3. The monoisotopic (exact) mass is 948 g/mol. The van der Waals surface area contributed by atoms with E-state index in [0.717, 1.165) is 37.3 Å². The molecule has 2 aromatic rings. The standard InChI is InChI=1S/C46H63F3N6O10S/c1-5-6-7-8-9-10-31-13-16-45(31,41(58)53-66(60,61)43(4)17-18-43)52-40(57)36-26-44(29-55(36)37(56)27-50-42(59)64-28-30(2)3)15-14-33-34-25-32(63-24-21-54-19-22-62-23-20-54)11-12-35(34)51-39(38(33)65-44)46(47,48)49/h9-12,25,30-31,36H,5-8,13-24,26-29H2,1-4H3,(H,50,59)(H,52,57)(H,53,58)/b10-9-/t31-,36+,44-,45-/m1/s1. The van der Waals surface area contributed by atoms with Gasteiger partial charge >= 0.3 is 12.3 Å². The third-order valence-electron chi connectivity index (χ3n) is 13.6. The Labute approximate surface area is 384 Å². The summed E-state index contributed by atoms with van der Waals surface area (Å²) in [6.45, 7) is 10.1. The second-order valence-electron chi connectivity index (χ2n) is 19.0. The number of carbonyl (C=O) groups is 4. The van der Waals surface area contributed by atoms with Gasteiger partial charge < -0.3 is 34.5 Å². The maximum Gasteiger partial charge on any atom is 0.437 e. The second-order valence-corrected chi connectivity index (χ2v) is 21.2. The Morgan fingerprint density at radius 1 is 1.08 bits per heavy atom. The van der Waals surface area contributed by atoms with E-state index in [1.54, 1.807) is 19.1 Å². The molecular weight excluding hydrogens is 886 g/mol. The van der Waals surface area contributed by atoms with Gasteiger partial charge in [-0.1, -0.05) is 45.8 Å². The minimum atomic E-state index is -4.95. The molecule has 3 aliphatic heterocycles. The lowest BCUT2D eigenvalue weighted by Gasteiger charge is -2.47. The number of fused-ring (bicyclic) bond motifs is 3. The molecule has 4 amide bonds. The molecule has 0 unspecified atom stereocenters. The molecule has 0 bridgehead atoms. The van der Waals surface area contributed by atoms with E-state index < -0.39 is 85.8 Å². The number of unbranched alkanes of at least 4 members (excludes halogenated alkanes) is 3. The zero-order valence-electron chi connectivity index (χ0n) is 38.2. The molecule has 66 heavy (non-hydrogen) atoms. The highest BCUT2D eigenvalue weighted by Crippen LogP contribution is 2.49. The number of sulfonamides is 1. The Hall–Kier alpha value is -4.69. The largest absolute Gasteiger partial charge is 0.492 e. The Kier molecular flexibility index (Phi) is 14.8. The topological polar surface area (TPSA) is 195 Å². The summed E-state index contributed by atoms with van der Waals surface area (Å²) >= 11 is 0. The van der Waals surface area contributed by atoms with Crippen molar-refractivity contribution >= 4 is 44.7 Å². The van der Waals surface area contributed by atoms with Gasteiger partial charge in [0.1, 0.15) is 36.1 Å². The van der Waals surface area contributed by atoms with Crippen LogP contribution in [0.2, 0.25) is 0 Å². The molecule has 2 saturated heterocycles. The third-order valence-corrected chi connectivity index (χ3v) is 15.7. The number of carbonyl (C=O) groups excluding carboxylic acids is 4. The summed E-state index contributed by atoms with van der Waals surface area (Å²) in [5, 5.41) is 5.66. The second kappa shape index (κ2) is 19.9. The first kappa shape index (κ1) is 49.2. The minimum absolute atomic E-state index is 0.00475.